The minimum Gasteiger partial charge on any atom is -0.406 e. The third-order valence-electron chi connectivity index (χ3n) is 5.37. The fourth-order valence-electron chi connectivity index (χ4n) is 3.76. The Kier molecular flexibility index (Phi) is 7.65. The first kappa shape index (κ1) is 25.0. The smallest absolute Gasteiger partial charge is 0.406 e. The van der Waals surface area contributed by atoms with E-state index in [2.05, 4.69) is 10.1 Å². The molecule has 1 heterocycles. The van der Waals surface area contributed by atoms with Gasteiger partial charge in [-0.05, 0) is 56.2 Å². The van der Waals surface area contributed by atoms with Crippen molar-refractivity contribution >= 4 is 21.6 Å². The summed E-state index contributed by atoms with van der Waals surface area (Å²) in [6.07, 6.45) is -4.25. The van der Waals surface area contributed by atoms with Gasteiger partial charge in [0.1, 0.15) is 5.75 Å². The zero-order chi connectivity index (χ0) is 24.2. The van der Waals surface area contributed by atoms with E-state index in [1.165, 1.54) is 23.5 Å². The van der Waals surface area contributed by atoms with E-state index >= 15 is 0 Å². The van der Waals surface area contributed by atoms with Crippen LogP contribution in [0.5, 0.6) is 5.75 Å². The van der Waals surface area contributed by atoms with Gasteiger partial charge in [0.2, 0.25) is 15.9 Å². The van der Waals surface area contributed by atoms with Gasteiger partial charge in [0, 0.05) is 31.3 Å². The Morgan fingerprint density at radius 2 is 1.76 bits per heavy atom. The van der Waals surface area contributed by atoms with Gasteiger partial charge in [0.25, 0.3) is 0 Å². The average Bonchev–Trinajstić information content (AvgIpc) is 2.74. The van der Waals surface area contributed by atoms with Gasteiger partial charge in [0.15, 0.2) is 0 Å². The first-order chi connectivity index (χ1) is 15.5. The minimum atomic E-state index is -4.80. The summed E-state index contributed by atoms with van der Waals surface area (Å²) in [5.74, 6) is -1.22. The standard InChI is InChI=1S/C22H25F3N2O5S/c1-15-3-9-20(10-4-15)33(29,30)27-12-11-16(13-18(27)14-31-2)21(28)26-17-5-7-19(8-6-17)32-22(23,24)25/h3-10,16,18H,11-14H2,1-2H3,(H,26,28)/t16-,18-/m0/s1. The van der Waals surface area contributed by atoms with E-state index < -0.39 is 34.1 Å². The van der Waals surface area contributed by atoms with Gasteiger partial charge in [-0.3, -0.25) is 4.79 Å². The maximum absolute atomic E-state index is 13.2. The fourth-order valence-corrected chi connectivity index (χ4v) is 5.39. The molecule has 7 nitrogen and oxygen atoms in total. The lowest BCUT2D eigenvalue weighted by atomic mass is 9.92. The number of nitrogens with one attached hydrogen (secondary N) is 1. The number of hydrogen-bond donors (Lipinski definition) is 1. The van der Waals surface area contributed by atoms with Crippen molar-refractivity contribution in [2.24, 2.45) is 5.92 Å². The number of benzene rings is 2. The van der Waals surface area contributed by atoms with Crippen molar-refractivity contribution in [2.75, 3.05) is 25.6 Å². The lowest BCUT2D eigenvalue weighted by Crippen LogP contribution is -2.50. The number of aryl methyl sites for hydroxylation is 1. The maximum Gasteiger partial charge on any atom is 0.573 e. The highest BCUT2D eigenvalue weighted by atomic mass is 32.2. The predicted molar refractivity (Wildman–Crippen MR) is 115 cm³/mol. The molecule has 0 saturated carbocycles. The summed E-state index contributed by atoms with van der Waals surface area (Å²) >= 11 is 0. The second kappa shape index (κ2) is 10.1. The van der Waals surface area contributed by atoms with Crippen LogP contribution in [-0.2, 0) is 19.6 Å². The Morgan fingerprint density at radius 3 is 2.33 bits per heavy atom. The number of ether oxygens (including phenoxy) is 2. The van der Waals surface area contributed by atoms with E-state index in [0.717, 1.165) is 17.7 Å². The SMILES string of the molecule is COC[C@@H]1C[C@@H](C(=O)Nc2ccc(OC(F)(F)F)cc2)CCN1S(=O)(=O)c1ccc(C)cc1. The van der Waals surface area contributed by atoms with Crippen LogP contribution in [0.1, 0.15) is 18.4 Å². The van der Waals surface area contributed by atoms with E-state index in [0.29, 0.717) is 12.1 Å². The molecule has 0 unspecified atom stereocenters. The number of alkyl halides is 3. The second-order valence-electron chi connectivity index (χ2n) is 7.82. The normalized spacial score (nSPS) is 19.8. The van der Waals surface area contributed by atoms with Crippen LogP contribution in [0.4, 0.5) is 18.9 Å². The Bertz CT molecular complexity index is 1060. The van der Waals surface area contributed by atoms with Crippen molar-refractivity contribution in [2.45, 2.75) is 37.1 Å². The Morgan fingerprint density at radius 1 is 1.12 bits per heavy atom. The summed E-state index contributed by atoms with van der Waals surface area (Å²) in [5.41, 5.74) is 1.25. The van der Waals surface area contributed by atoms with Crippen LogP contribution in [0.2, 0.25) is 0 Å². The summed E-state index contributed by atoms with van der Waals surface area (Å²) < 4.78 is 73.6. The van der Waals surface area contributed by atoms with Crippen molar-refractivity contribution in [3.63, 3.8) is 0 Å². The number of nitrogens with zero attached hydrogens (tertiary/aromatic N) is 1. The number of halogens is 3. The highest BCUT2D eigenvalue weighted by Gasteiger charge is 2.39. The van der Waals surface area contributed by atoms with Crippen LogP contribution in [0.3, 0.4) is 0 Å². The number of carbonyl (C=O) groups is 1. The fraction of sp³-hybridized carbons (Fsp3) is 0.409. The van der Waals surface area contributed by atoms with E-state index in [1.807, 2.05) is 6.92 Å². The van der Waals surface area contributed by atoms with Gasteiger partial charge in [-0.1, -0.05) is 17.7 Å². The van der Waals surface area contributed by atoms with Crippen LogP contribution < -0.4 is 10.1 Å². The molecule has 180 valence electrons. The van der Waals surface area contributed by atoms with Gasteiger partial charge in [-0.2, -0.15) is 4.31 Å². The molecule has 1 fully saturated rings. The summed E-state index contributed by atoms with van der Waals surface area (Å²) in [6, 6.07) is 10.9. The quantitative estimate of drug-likeness (QED) is 0.641. The van der Waals surface area contributed by atoms with Gasteiger partial charge < -0.3 is 14.8 Å². The topological polar surface area (TPSA) is 84.9 Å². The summed E-state index contributed by atoms with van der Waals surface area (Å²) in [5, 5.41) is 2.67. The Labute approximate surface area is 190 Å². The molecule has 3 rings (SSSR count). The summed E-state index contributed by atoms with van der Waals surface area (Å²) in [7, 11) is -2.30. The predicted octanol–water partition coefficient (Wildman–Crippen LogP) is 3.95. The van der Waals surface area contributed by atoms with E-state index in [1.54, 1.807) is 24.3 Å². The Balaban J connectivity index is 1.68. The van der Waals surface area contributed by atoms with Crippen LogP contribution in [-0.4, -0.2) is 51.3 Å². The molecule has 33 heavy (non-hydrogen) atoms. The molecule has 1 amide bonds. The average molecular weight is 487 g/mol. The van der Waals surface area contributed by atoms with Crippen LogP contribution in [0.15, 0.2) is 53.4 Å². The van der Waals surface area contributed by atoms with E-state index in [4.69, 9.17) is 4.74 Å². The number of rotatable bonds is 7. The van der Waals surface area contributed by atoms with Gasteiger partial charge in [-0.25, -0.2) is 8.42 Å². The lowest BCUT2D eigenvalue weighted by molar-refractivity contribution is -0.274. The first-order valence-corrected chi connectivity index (χ1v) is 11.7. The molecule has 1 aliphatic rings. The number of anilines is 1. The highest BCUT2D eigenvalue weighted by molar-refractivity contribution is 7.89. The van der Waals surface area contributed by atoms with Gasteiger partial charge >= 0.3 is 6.36 Å². The van der Waals surface area contributed by atoms with Crippen LogP contribution >= 0.6 is 0 Å². The molecular weight excluding hydrogens is 461 g/mol. The maximum atomic E-state index is 13.2. The van der Waals surface area contributed by atoms with Crippen molar-refractivity contribution in [1.82, 2.24) is 4.31 Å². The van der Waals surface area contributed by atoms with Crippen molar-refractivity contribution in [3.05, 3.63) is 54.1 Å². The van der Waals surface area contributed by atoms with E-state index in [-0.39, 0.29) is 30.4 Å². The summed E-state index contributed by atoms with van der Waals surface area (Å²) in [6.45, 7) is 2.13. The van der Waals surface area contributed by atoms with Crippen molar-refractivity contribution in [3.8, 4) is 5.75 Å². The van der Waals surface area contributed by atoms with E-state index in [9.17, 15) is 26.4 Å². The van der Waals surface area contributed by atoms with Crippen molar-refractivity contribution in [1.29, 1.82) is 0 Å². The first-order valence-electron chi connectivity index (χ1n) is 10.2. The number of sulfonamides is 1. The molecule has 0 bridgehead atoms. The molecule has 2 aromatic carbocycles. The highest BCUT2D eigenvalue weighted by Crippen LogP contribution is 2.30. The molecule has 1 N–H and O–H groups in total. The van der Waals surface area contributed by atoms with Gasteiger partial charge in [-0.15, -0.1) is 13.2 Å². The van der Waals surface area contributed by atoms with Crippen LogP contribution in [0, 0.1) is 12.8 Å². The largest absolute Gasteiger partial charge is 0.573 e. The third-order valence-corrected chi connectivity index (χ3v) is 7.34. The molecule has 2 aromatic rings. The lowest BCUT2D eigenvalue weighted by Gasteiger charge is -2.37. The molecule has 0 radical (unpaired) electrons. The number of amides is 1. The second-order valence-corrected chi connectivity index (χ2v) is 9.71. The molecular formula is C22H25F3N2O5S. The Hall–Kier alpha value is -2.63. The molecule has 1 aliphatic heterocycles. The zero-order valence-corrected chi connectivity index (χ0v) is 18.9. The number of carbonyl (C=O) groups excluding carboxylic acids is 1. The molecule has 11 heteroatoms. The molecule has 0 aliphatic carbocycles. The van der Waals surface area contributed by atoms with Crippen molar-refractivity contribution < 1.29 is 35.9 Å². The zero-order valence-electron chi connectivity index (χ0n) is 18.1. The van der Waals surface area contributed by atoms with Gasteiger partial charge in [0.05, 0.1) is 11.5 Å². The number of piperidine rings is 1. The third kappa shape index (κ3) is 6.46. The molecule has 0 spiro atoms. The molecule has 2 atom stereocenters. The monoisotopic (exact) mass is 486 g/mol. The molecule has 1 saturated heterocycles. The minimum absolute atomic E-state index is 0.123. The number of hydrogen-bond acceptors (Lipinski definition) is 5. The summed E-state index contributed by atoms with van der Waals surface area (Å²) in [4.78, 5) is 12.9. The molecule has 0 aromatic heterocycles. The number of methoxy groups -OCH3 is 1. The van der Waals surface area contributed by atoms with Crippen LogP contribution in [0.25, 0.3) is 0 Å².